The van der Waals surface area contributed by atoms with Crippen molar-refractivity contribution in [3.63, 3.8) is 0 Å². The number of allylic oxidation sites excluding steroid dienone is 4. The zero-order chi connectivity index (χ0) is 17.9. The van der Waals surface area contributed by atoms with Gasteiger partial charge in [-0.1, -0.05) is 57.9 Å². The number of hydrogen-bond acceptors (Lipinski definition) is 2. The van der Waals surface area contributed by atoms with Crippen molar-refractivity contribution in [2.24, 2.45) is 23.7 Å². The van der Waals surface area contributed by atoms with Gasteiger partial charge in [-0.05, 0) is 50.4 Å². The molecular weight excluding hydrogens is 298 g/mol. The molecule has 3 nitrogen and oxygen atoms in total. The first kappa shape index (κ1) is 20.7. The average Bonchev–Trinajstić information content (AvgIpc) is 2.80. The number of nitrogens with one attached hydrogen (secondary N) is 1. The second-order valence-electron chi connectivity index (χ2n) is 7.58. The third kappa shape index (κ3) is 7.46. The van der Waals surface area contributed by atoms with Crippen LogP contribution in [0.15, 0.2) is 24.3 Å². The van der Waals surface area contributed by atoms with Crippen molar-refractivity contribution in [1.29, 1.82) is 0 Å². The van der Waals surface area contributed by atoms with Crippen LogP contribution in [0.5, 0.6) is 0 Å². The van der Waals surface area contributed by atoms with E-state index in [0.29, 0.717) is 12.3 Å². The molecule has 0 aromatic rings. The number of carbonyl (C=O) groups excluding carboxylic acids is 2. The van der Waals surface area contributed by atoms with Gasteiger partial charge in [0, 0.05) is 5.92 Å². The monoisotopic (exact) mass is 333 g/mol. The van der Waals surface area contributed by atoms with Crippen LogP contribution in [0.4, 0.5) is 0 Å². The maximum absolute atomic E-state index is 12.5. The van der Waals surface area contributed by atoms with Gasteiger partial charge < -0.3 is 10.1 Å². The van der Waals surface area contributed by atoms with Crippen molar-refractivity contribution in [1.82, 2.24) is 5.32 Å². The Kier molecular flexibility index (Phi) is 9.66. The van der Waals surface area contributed by atoms with E-state index in [1.54, 1.807) is 0 Å². The lowest BCUT2D eigenvalue weighted by atomic mass is 9.88. The molecule has 24 heavy (non-hydrogen) atoms. The topological polar surface area (TPSA) is 46.2 Å². The predicted octanol–water partition coefficient (Wildman–Crippen LogP) is 4.68. The molecule has 3 unspecified atom stereocenters. The number of aldehydes is 1. The van der Waals surface area contributed by atoms with Gasteiger partial charge in [0.2, 0.25) is 5.91 Å². The summed E-state index contributed by atoms with van der Waals surface area (Å²) < 4.78 is 0. The second-order valence-corrected chi connectivity index (χ2v) is 7.58. The van der Waals surface area contributed by atoms with Crippen LogP contribution in [0.1, 0.15) is 66.2 Å². The van der Waals surface area contributed by atoms with Crippen molar-refractivity contribution in [2.75, 3.05) is 0 Å². The van der Waals surface area contributed by atoms with Crippen LogP contribution in [-0.4, -0.2) is 18.2 Å². The van der Waals surface area contributed by atoms with Crippen molar-refractivity contribution in [2.45, 2.75) is 72.3 Å². The summed E-state index contributed by atoms with van der Waals surface area (Å²) in [4.78, 5) is 23.9. The van der Waals surface area contributed by atoms with Gasteiger partial charge in [0.1, 0.15) is 6.29 Å². The predicted molar refractivity (Wildman–Crippen MR) is 101 cm³/mol. The van der Waals surface area contributed by atoms with E-state index in [2.05, 4.69) is 32.2 Å². The summed E-state index contributed by atoms with van der Waals surface area (Å²) in [5.74, 6) is 1.84. The van der Waals surface area contributed by atoms with Crippen LogP contribution in [0.2, 0.25) is 0 Å². The third-order valence-electron chi connectivity index (χ3n) is 5.19. The highest BCUT2D eigenvalue weighted by Gasteiger charge is 2.26. The van der Waals surface area contributed by atoms with Crippen LogP contribution in [0.25, 0.3) is 0 Å². The zero-order valence-electron chi connectivity index (χ0n) is 15.8. The van der Waals surface area contributed by atoms with Gasteiger partial charge in [-0.2, -0.15) is 0 Å². The molecule has 1 N–H and O–H groups in total. The quantitative estimate of drug-likeness (QED) is 0.398. The fourth-order valence-electron chi connectivity index (χ4n) is 3.55. The molecule has 1 aliphatic carbocycles. The Labute approximate surface area is 148 Å². The lowest BCUT2D eigenvalue weighted by molar-refractivity contribution is -0.128. The molecule has 1 aliphatic rings. The summed E-state index contributed by atoms with van der Waals surface area (Å²) >= 11 is 0. The maximum Gasteiger partial charge on any atom is 0.223 e. The standard InChI is InChI=1S/C21H35NO2/c1-5-6-7-9-17(4)14-20(15-23)22-21(24)19-11-8-10-18(12-13-19)16(2)3/h5-7,9,15-20H,8,10-14H2,1-4H3,(H,22,24)/b6-5-,9-7-/t17?,18?,19?,20-/m1/s1. The van der Waals surface area contributed by atoms with E-state index < -0.39 is 0 Å². The van der Waals surface area contributed by atoms with E-state index in [0.717, 1.165) is 37.9 Å². The molecule has 0 aromatic heterocycles. The van der Waals surface area contributed by atoms with Crippen LogP contribution in [0.3, 0.4) is 0 Å². The Bertz CT molecular complexity index is 439. The van der Waals surface area contributed by atoms with Gasteiger partial charge >= 0.3 is 0 Å². The highest BCUT2D eigenvalue weighted by atomic mass is 16.2. The zero-order valence-corrected chi connectivity index (χ0v) is 15.8. The number of hydrogen-bond donors (Lipinski definition) is 1. The molecule has 0 aromatic carbocycles. The van der Waals surface area contributed by atoms with Crippen molar-refractivity contribution in [3.05, 3.63) is 24.3 Å². The summed E-state index contributed by atoms with van der Waals surface area (Å²) in [6.45, 7) is 8.59. The van der Waals surface area contributed by atoms with E-state index in [1.165, 1.54) is 6.42 Å². The van der Waals surface area contributed by atoms with Crippen molar-refractivity contribution in [3.8, 4) is 0 Å². The molecule has 136 valence electrons. The summed E-state index contributed by atoms with van der Waals surface area (Å²) in [7, 11) is 0. The van der Waals surface area contributed by atoms with E-state index in [4.69, 9.17) is 0 Å². The van der Waals surface area contributed by atoms with E-state index >= 15 is 0 Å². The number of amides is 1. The first-order valence-corrected chi connectivity index (χ1v) is 9.53. The largest absolute Gasteiger partial charge is 0.346 e. The molecular formula is C21H35NO2. The molecule has 4 atom stereocenters. The van der Waals surface area contributed by atoms with Crippen LogP contribution < -0.4 is 5.32 Å². The molecule has 0 radical (unpaired) electrons. The van der Waals surface area contributed by atoms with E-state index in [1.807, 2.05) is 25.2 Å². The second kappa shape index (κ2) is 11.2. The number of carbonyl (C=O) groups is 2. The molecule has 0 saturated heterocycles. The minimum absolute atomic E-state index is 0.0705. The van der Waals surface area contributed by atoms with Crippen LogP contribution in [-0.2, 0) is 9.59 Å². The Morgan fingerprint density at radius 3 is 2.50 bits per heavy atom. The third-order valence-corrected chi connectivity index (χ3v) is 5.19. The summed E-state index contributed by atoms with van der Waals surface area (Å²) in [5.41, 5.74) is 0. The van der Waals surface area contributed by atoms with Crippen LogP contribution in [0, 0.1) is 23.7 Å². The fraction of sp³-hybridized carbons (Fsp3) is 0.714. The Balaban J connectivity index is 2.50. The smallest absolute Gasteiger partial charge is 0.223 e. The average molecular weight is 334 g/mol. The molecule has 0 spiro atoms. The Hall–Kier alpha value is -1.38. The highest BCUT2D eigenvalue weighted by Crippen LogP contribution is 2.31. The normalized spacial score (nSPS) is 24.9. The van der Waals surface area contributed by atoms with Gasteiger partial charge in [-0.25, -0.2) is 0 Å². The van der Waals surface area contributed by atoms with Crippen molar-refractivity contribution >= 4 is 12.2 Å². The highest BCUT2D eigenvalue weighted by molar-refractivity contribution is 5.81. The SMILES string of the molecule is C/C=C\C=C/C(C)C[C@H](C=O)NC(=O)C1CCCC(C(C)C)CC1. The van der Waals surface area contributed by atoms with E-state index in [9.17, 15) is 9.59 Å². The van der Waals surface area contributed by atoms with Gasteiger partial charge in [0.25, 0.3) is 0 Å². The van der Waals surface area contributed by atoms with Gasteiger partial charge in [0.05, 0.1) is 6.04 Å². The number of rotatable bonds is 8. The first-order chi connectivity index (χ1) is 11.5. The Morgan fingerprint density at radius 2 is 1.88 bits per heavy atom. The summed E-state index contributed by atoms with van der Waals surface area (Å²) in [5, 5.41) is 2.97. The Morgan fingerprint density at radius 1 is 1.12 bits per heavy atom. The molecule has 1 saturated carbocycles. The van der Waals surface area contributed by atoms with Crippen LogP contribution >= 0.6 is 0 Å². The maximum atomic E-state index is 12.5. The van der Waals surface area contributed by atoms with Gasteiger partial charge in [0.15, 0.2) is 0 Å². The molecule has 0 bridgehead atoms. The lowest BCUT2D eigenvalue weighted by Crippen LogP contribution is -2.40. The summed E-state index contributed by atoms with van der Waals surface area (Å²) in [6.07, 6.45) is 14.9. The molecule has 3 heteroatoms. The molecule has 1 amide bonds. The molecule has 1 fully saturated rings. The molecule has 1 rings (SSSR count). The minimum Gasteiger partial charge on any atom is -0.346 e. The molecule has 0 aliphatic heterocycles. The first-order valence-electron chi connectivity index (χ1n) is 9.53. The fourth-order valence-corrected chi connectivity index (χ4v) is 3.55. The summed E-state index contributed by atoms with van der Waals surface area (Å²) in [6, 6.07) is -0.382. The van der Waals surface area contributed by atoms with Gasteiger partial charge in [-0.15, -0.1) is 0 Å². The minimum atomic E-state index is -0.382. The van der Waals surface area contributed by atoms with E-state index in [-0.39, 0.29) is 23.8 Å². The molecule has 0 heterocycles. The lowest BCUT2D eigenvalue weighted by Gasteiger charge is -2.20. The van der Waals surface area contributed by atoms with Crippen molar-refractivity contribution < 1.29 is 9.59 Å². The van der Waals surface area contributed by atoms with Gasteiger partial charge in [-0.3, -0.25) is 4.79 Å².